The lowest BCUT2D eigenvalue weighted by molar-refractivity contribution is -0.132. The Morgan fingerprint density at radius 2 is 1.81 bits per heavy atom. The summed E-state index contributed by atoms with van der Waals surface area (Å²) >= 11 is 1.40. The minimum atomic E-state index is 0.200. The Balaban J connectivity index is 1.24. The third-order valence-electron chi connectivity index (χ3n) is 6.57. The molecule has 0 aliphatic carbocycles. The third kappa shape index (κ3) is 8.49. The topological polar surface area (TPSA) is 61.8 Å². The minimum Gasteiger partial charge on any atom is -0.383 e. The SMILES string of the molecule is COCCN(CCC(=O)N1CCN(C/C=C/c2ccccc2)CC1)c1nc(Cc2ccc(C)cc2)ns1. The van der Waals surface area contributed by atoms with E-state index >= 15 is 0 Å². The number of hydrogen-bond acceptors (Lipinski definition) is 7. The summed E-state index contributed by atoms with van der Waals surface area (Å²) in [6.45, 7) is 8.22. The molecule has 0 bridgehead atoms. The second kappa shape index (κ2) is 14.0. The number of anilines is 1. The van der Waals surface area contributed by atoms with Crippen LogP contribution in [0.15, 0.2) is 60.7 Å². The molecule has 0 N–H and O–H groups in total. The highest BCUT2D eigenvalue weighted by Crippen LogP contribution is 2.20. The van der Waals surface area contributed by atoms with Crippen molar-refractivity contribution in [3.63, 3.8) is 0 Å². The maximum Gasteiger partial charge on any atom is 0.224 e. The maximum atomic E-state index is 13.0. The average Bonchev–Trinajstić information content (AvgIpc) is 3.39. The molecule has 1 saturated heterocycles. The average molecular weight is 520 g/mol. The van der Waals surface area contributed by atoms with E-state index in [1.807, 2.05) is 11.0 Å². The van der Waals surface area contributed by atoms with Crippen LogP contribution in [0.2, 0.25) is 0 Å². The van der Waals surface area contributed by atoms with Crippen LogP contribution in [-0.2, 0) is 16.0 Å². The van der Waals surface area contributed by atoms with Gasteiger partial charge in [0, 0.05) is 77.3 Å². The molecule has 0 radical (unpaired) electrons. The van der Waals surface area contributed by atoms with Crippen LogP contribution < -0.4 is 4.90 Å². The lowest BCUT2D eigenvalue weighted by atomic mass is 10.1. The monoisotopic (exact) mass is 519 g/mol. The summed E-state index contributed by atoms with van der Waals surface area (Å²) in [6, 6.07) is 18.8. The van der Waals surface area contributed by atoms with Crippen LogP contribution in [0, 0.1) is 6.92 Å². The van der Waals surface area contributed by atoms with Crippen LogP contribution in [0.25, 0.3) is 6.08 Å². The number of carbonyl (C=O) groups excluding carboxylic acids is 1. The summed E-state index contributed by atoms with van der Waals surface area (Å²) in [4.78, 5) is 24.3. The molecule has 0 spiro atoms. The van der Waals surface area contributed by atoms with E-state index in [-0.39, 0.29) is 5.91 Å². The summed E-state index contributed by atoms with van der Waals surface area (Å²) in [5, 5.41) is 0.849. The van der Waals surface area contributed by atoms with Crippen LogP contribution in [0.4, 0.5) is 5.13 Å². The lowest BCUT2D eigenvalue weighted by Crippen LogP contribution is -2.49. The van der Waals surface area contributed by atoms with Crippen LogP contribution in [0.1, 0.15) is 28.9 Å². The molecule has 1 amide bonds. The number of aromatic nitrogens is 2. The lowest BCUT2D eigenvalue weighted by Gasteiger charge is -2.34. The molecule has 1 aromatic heterocycles. The van der Waals surface area contributed by atoms with Crippen LogP contribution in [-0.4, -0.2) is 84.6 Å². The van der Waals surface area contributed by atoms with Crippen LogP contribution >= 0.6 is 11.5 Å². The Bertz CT molecular complexity index is 1120. The zero-order chi connectivity index (χ0) is 25.9. The summed E-state index contributed by atoms with van der Waals surface area (Å²) < 4.78 is 9.88. The van der Waals surface area contributed by atoms with Crippen molar-refractivity contribution in [3.05, 3.63) is 83.2 Å². The summed E-state index contributed by atoms with van der Waals surface area (Å²) in [5.41, 5.74) is 3.66. The quantitative estimate of drug-likeness (QED) is 0.359. The van der Waals surface area contributed by atoms with Crippen molar-refractivity contribution in [1.29, 1.82) is 0 Å². The van der Waals surface area contributed by atoms with Crippen molar-refractivity contribution in [2.75, 3.05) is 64.4 Å². The first-order valence-electron chi connectivity index (χ1n) is 12.9. The molecule has 2 heterocycles. The molecule has 1 fully saturated rings. The van der Waals surface area contributed by atoms with Gasteiger partial charge in [-0.1, -0.05) is 72.3 Å². The fourth-order valence-electron chi connectivity index (χ4n) is 4.31. The fourth-order valence-corrected chi connectivity index (χ4v) is 5.05. The number of ether oxygens (including phenoxy) is 1. The molecule has 0 atom stereocenters. The molecule has 37 heavy (non-hydrogen) atoms. The van der Waals surface area contributed by atoms with Gasteiger partial charge in [0.1, 0.15) is 5.82 Å². The second-order valence-corrected chi connectivity index (χ2v) is 10.1. The van der Waals surface area contributed by atoms with E-state index in [0.29, 0.717) is 32.5 Å². The van der Waals surface area contributed by atoms with Gasteiger partial charge in [0.2, 0.25) is 11.0 Å². The van der Waals surface area contributed by atoms with Crippen molar-refractivity contribution in [1.82, 2.24) is 19.2 Å². The first kappa shape index (κ1) is 27.0. The van der Waals surface area contributed by atoms with Gasteiger partial charge in [0.15, 0.2) is 0 Å². The fraction of sp³-hybridized carbons (Fsp3) is 0.414. The van der Waals surface area contributed by atoms with Gasteiger partial charge in [-0.15, -0.1) is 0 Å². The molecular formula is C29H37N5O2S. The van der Waals surface area contributed by atoms with E-state index in [4.69, 9.17) is 9.72 Å². The number of nitrogens with zero attached hydrogens (tertiary/aromatic N) is 5. The smallest absolute Gasteiger partial charge is 0.224 e. The Kier molecular flexibility index (Phi) is 10.2. The van der Waals surface area contributed by atoms with Crippen molar-refractivity contribution >= 4 is 28.6 Å². The van der Waals surface area contributed by atoms with Crippen LogP contribution in [0.3, 0.4) is 0 Å². The van der Waals surface area contributed by atoms with Gasteiger partial charge >= 0.3 is 0 Å². The van der Waals surface area contributed by atoms with Gasteiger partial charge in [-0.3, -0.25) is 9.69 Å². The van der Waals surface area contributed by atoms with E-state index in [1.165, 1.54) is 28.2 Å². The molecule has 0 saturated carbocycles. The number of benzene rings is 2. The molecule has 0 unspecified atom stereocenters. The molecule has 1 aliphatic heterocycles. The maximum absolute atomic E-state index is 13.0. The predicted molar refractivity (Wildman–Crippen MR) is 151 cm³/mol. The Morgan fingerprint density at radius 1 is 1.05 bits per heavy atom. The van der Waals surface area contributed by atoms with E-state index in [0.717, 1.165) is 43.7 Å². The van der Waals surface area contributed by atoms with Gasteiger partial charge in [0.25, 0.3) is 0 Å². The highest BCUT2D eigenvalue weighted by molar-refractivity contribution is 7.09. The van der Waals surface area contributed by atoms with Crippen molar-refractivity contribution in [2.24, 2.45) is 0 Å². The summed E-state index contributed by atoms with van der Waals surface area (Å²) in [7, 11) is 1.70. The molecule has 8 heteroatoms. The van der Waals surface area contributed by atoms with Gasteiger partial charge in [-0.05, 0) is 18.1 Å². The molecule has 4 rings (SSSR count). The van der Waals surface area contributed by atoms with E-state index < -0.39 is 0 Å². The minimum absolute atomic E-state index is 0.200. The Labute approximate surface area is 224 Å². The largest absolute Gasteiger partial charge is 0.383 e. The van der Waals surface area contributed by atoms with Crippen molar-refractivity contribution in [2.45, 2.75) is 19.8 Å². The molecule has 7 nitrogen and oxygen atoms in total. The highest BCUT2D eigenvalue weighted by Gasteiger charge is 2.22. The van der Waals surface area contributed by atoms with Gasteiger partial charge in [0.05, 0.1) is 6.61 Å². The van der Waals surface area contributed by atoms with Crippen molar-refractivity contribution in [3.8, 4) is 0 Å². The number of methoxy groups -OCH3 is 1. The number of hydrogen-bond donors (Lipinski definition) is 0. The van der Waals surface area contributed by atoms with Gasteiger partial charge in [-0.2, -0.15) is 4.37 Å². The number of aryl methyl sites for hydroxylation is 1. The number of amides is 1. The summed E-state index contributed by atoms with van der Waals surface area (Å²) in [5.74, 6) is 1.02. The summed E-state index contributed by atoms with van der Waals surface area (Å²) in [6.07, 6.45) is 5.53. The van der Waals surface area contributed by atoms with Crippen LogP contribution in [0.5, 0.6) is 0 Å². The Morgan fingerprint density at radius 3 is 2.54 bits per heavy atom. The second-order valence-electron chi connectivity index (χ2n) is 9.38. The van der Waals surface area contributed by atoms with Gasteiger partial charge < -0.3 is 14.5 Å². The van der Waals surface area contributed by atoms with E-state index in [2.05, 4.69) is 81.8 Å². The predicted octanol–water partition coefficient (Wildman–Crippen LogP) is 4.14. The number of rotatable bonds is 12. The van der Waals surface area contributed by atoms with E-state index in [9.17, 15) is 4.79 Å². The zero-order valence-corrected chi connectivity index (χ0v) is 22.7. The first-order valence-corrected chi connectivity index (χ1v) is 13.7. The van der Waals surface area contributed by atoms with Gasteiger partial charge in [-0.25, -0.2) is 4.98 Å². The molecule has 2 aromatic carbocycles. The molecule has 3 aromatic rings. The number of carbonyl (C=O) groups is 1. The molecule has 196 valence electrons. The van der Waals surface area contributed by atoms with Crippen molar-refractivity contribution < 1.29 is 9.53 Å². The zero-order valence-electron chi connectivity index (χ0n) is 21.9. The molecule has 1 aliphatic rings. The highest BCUT2D eigenvalue weighted by atomic mass is 32.1. The van der Waals surface area contributed by atoms with E-state index in [1.54, 1.807) is 7.11 Å². The molecular weight excluding hydrogens is 482 g/mol. The Hall–Kier alpha value is -3.07. The standard InChI is InChI=1S/C29H37N5O2S/c1-24-10-12-26(13-11-24)23-27-30-29(37-31-27)34(21-22-36-2)16-14-28(35)33-19-17-32(18-20-33)15-6-9-25-7-4-3-5-8-25/h3-13H,14-23H2,1-2H3/b9-6+. The normalized spacial score (nSPS) is 14.4. The third-order valence-corrected chi connectivity index (χ3v) is 7.38. The number of piperazine rings is 1. The first-order chi connectivity index (χ1) is 18.1.